The predicted molar refractivity (Wildman–Crippen MR) is 106 cm³/mol. The Balaban J connectivity index is 1.56. The number of anilines is 1. The highest BCUT2D eigenvalue weighted by atomic mass is 35.5. The van der Waals surface area contributed by atoms with E-state index in [9.17, 15) is 9.59 Å². The standard InChI is InChI=1S/C20H20ClN5O2/c21-15-8-6-14(7-9-15)17-5-2-1-3-11-25(17)20(28)19(27)24-16-13-23-26-12-4-10-22-18(16)26/h4,6-10,12-13,17H,1-3,5,11H2,(H,24,27). The molecule has 1 aliphatic heterocycles. The summed E-state index contributed by atoms with van der Waals surface area (Å²) in [7, 11) is 0. The minimum Gasteiger partial charge on any atom is -0.327 e. The van der Waals surface area contributed by atoms with E-state index in [0.29, 0.717) is 22.9 Å². The van der Waals surface area contributed by atoms with E-state index in [0.717, 1.165) is 31.2 Å². The number of benzene rings is 1. The second-order valence-corrected chi connectivity index (χ2v) is 7.25. The number of carbonyl (C=O) groups excluding carboxylic acids is 2. The number of hydrogen-bond acceptors (Lipinski definition) is 4. The van der Waals surface area contributed by atoms with E-state index in [1.165, 1.54) is 6.20 Å². The van der Waals surface area contributed by atoms with Crippen molar-refractivity contribution >= 4 is 34.7 Å². The molecular weight excluding hydrogens is 378 g/mol. The van der Waals surface area contributed by atoms with Crippen molar-refractivity contribution in [1.29, 1.82) is 0 Å². The molecule has 1 atom stereocenters. The maximum atomic E-state index is 13.0. The third-order valence-electron chi connectivity index (χ3n) is 4.99. The smallest absolute Gasteiger partial charge is 0.314 e. The molecule has 8 heteroatoms. The number of aromatic nitrogens is 3. The minimum atomic E-state index is -0.679. The van der Waals surface area contributed by atoms with Crippen LogP contribution in [0.2, 0.25) is 5.02 Å². The van der Waals surface area contributed by atoms with Crippen molar-refractivity contribution < 1.29 is 9.59 Å². The summed E-state index contributed by atoms with van der Waals surface area (Å²) in [5.74, 6) is -1.22. The van der Waals surface area contributed by atoms with E-state index in [1.807, 2.05) is 24.3 Å². The van der Waals surface area contributed by atoms with Crippen LogP contribution in [-0.2, 0) is 9.59 Å². The molecule has 3 aromatic rings. The summed E-state index contributed by atoms with van der Waals surface area (Å²) < 4.78 is 1.54. The molecule has 1 aromatic carbocycles. The van der Waals surface area contributed by atoms with Gasteiger partial charge in [-0.05, 0) is 36.6 Å². The lowest BCUT2D eigenvalue weighted by atomic mass is 10.0. The molecule has 7 nitrogen and oxygen atoms in total. The molecule has 0 aliphatic carbocycles. The minimum absolute atomic E-state index is 0.139. The summed E-state index contributed by atoms with van der Waals surface area (Å²) in [6.45, 7) is 0.548. The summed E-state index contributed by atoms with van der Waals surface area (Å²) in [5.41, 5.74) is 1.90. The number of hydrogen-bond donors (Lipinski definition) is 1. The van der Waals surface area contributed by atoms with E-state index in [2.05, 4.69) is 15.4 Å². The molecule has 144 valence electrons. The first-order valence-electron chi connectivity index (χ1n) is 9.29. The third-order valence-corrected chi connectivity index (χ3v) is 5.24. The lowest BCUT2D eigenvalue weighted by Gasteiger charge is -2.30. The number of fused-ring (bicyclic) bond motifs is 1. The Bertz CT molecular complexity index is 1000. The maximum Gasteiger partial charge on any atom is 0.314 e. The van der Waals surface area contributed by atoms with Crippen LogP contribution in [0.25, 0.3) is 5.65 Å². The number of nitrogens with zero attached hydrogens (tertiary/aromatic N) is 4. The van der Waals surface area contributed by atoms with Gasteiger partial charge in [0.25, 0.3) is 0 Å². The van der Waals surface area contributed by atoms with Crippen LogP contribution in [0.3, 0.4) is 0 Å². The Labute approximate surface area is 167 Å². The molecule has 2 amide bonds. The van der Waals surface area contributed by atoms with Crippen LogP contribution < -0.4 is 5.32 Å². The zero-order valence-electron chi connectivity index (χ0n) is 15.2. The van der Waals surface area contributed by atoms with Crippen LogP contribution >= 0.6 is 11.6 Å². The van der Waals surface area contributed by atoms with Crippen molar-refractivity contribution in [3.05, 3.63) is 59.5 Å². The Morgan fingerprint density at radius 3 is 2.79 bits per heavy atom. The molecule has 1 aliphatic rings. The van der Waals surface area contributed by atoms with Gasteiger partial charge in [0, 0.05) is 24.0 Å². The number of rotatable bonds is 2. The highest BCUT2D eigenvalue weighted by Crippen LogP contribution is 2.31. The van der Waals surface area contributed by atoms with Crippen LogP contribution in [0.1, 0.15) is 37.3 Å². The third kappa shape index (κ3) is 3.71. The molecule has 0 spiro atoms. The van der Waals surface area contributed by atoms with Crippen molar-refractivity contribution in [2.45, 2.75) is 31.7 Å². The first-order chi connectivity index (χ1) is 13.6. The number of carbonyl (C=O) groups is 2. The van der Waals surface area contributed by atoms with Crippen molar-refractivity contribution in [2.75, 3.05) is 11.9 Å². The van der Waals surface area contributed by atoms with Crippen LogP contribution in [0, 0.1) is 0 Å². The SMILES string of the molecule is O=C(Nc1cnn2cccnc12)C(=O)N1CCCCCC1c1ccc(Cl)cc1. The predicted octanol–water partition coefficient (Wildman–Crippen LogP) is 3.47. The van der Waals surface area contributed by atoms with E-state index in [1.54, 1.807) is 27.9 Å². The highest BCUT2D eigenvalue weighted by molar-refractivity contribution is 6.40. The van der Waals surface area contributed by atoms with Gasteiger partial charge in [-0.25, -0.2) is 9.50 Å². The Morgan fingerprint density at radius 2 is 1.96 bits per heavy atom. The highest BCUT2D eigenvalue weighted by Gasteiger charge is 2.31. The van der Waals surface area contributed by atoms with Gasteiger partial charge in [-0.1, -0.05) is 36.6 Å². The zero-order chi connectivity index (χ0) is 19.5. The second kappa shape index (κ2) is 7.98. The maximum absolute atomic E-state index is 13.0. The molecule has 1 fully saturated rings. The number of nitrogens with one attached hydrogen (secondary N) is 1. The summed E-state index contributed by atoms with van der Waals surface area (Å²) in [6, 6.07) is 9.08. The average molecular weight is 398 g/mol. The van der Waals surface area contributed by atoms with Gasteiger partial charge in [0.05, 0.1) is 12.2 Å². The monoisotopic (exact) mass is 397 g/mol. The van der Waals surface area contributed by atoms with Crippen molar-refractivity contribution in [2.24, 2.45) is 0 Å². The lowest BCUT2D eigenvalue weighted by molar-refractivity contribution is -0.144. The fourth-order valence-corrected chi connectivity index (χ4v) is 3.73. The van der Waals surface area contributed by atoms with Gasteiger partial charge in [0.15, 0.2) is 5.65 Å². The van der Waals surface area contributed by atoms with Crippen LogP contribution in [0.4, 0.5) is 5.69 Å². The van der Waals surface area contributed by atoms with Crippen molar-refractivity contribution in [1.82, 2.24) is 19.5 Å². The largest absolute Gasteiger partial charge is 0.327 e. The van der Waals surface area contributed by atoms with Crippen LogP contribution in [-0.4, -0.2) is 37.9 Å². The van der Waals surface area contributed by atoms with Crippen LogP contribution in [0.15, 0.2) is 48.9 Å². The molecule has 28 heavy (non-hydrogen) atoms. The summed E-state index contributed by atoms with van der Waals surface area (Å²) in [4.78, 5) is 31.6. The van der Waals surface area contributed by atoms with E-state index in [4.69, 9.17) is 11.6 Å². The summed E-state index contributed by atoms with van der Waals surface area (Å²) >= 11 is 6.00. The Hall–Kier alpha value is -2.93. The first kappa shape index (κ1) is 18.4. The van der Waals surface area contributed by atoms with Gasteiger partial charge in [0.1, 0.15) is 5.69 Å². The number of amides is 2. The lowest BCUT2D eigenvalue weighted by Crippen LogP contribution is -2.42. The number of halogens is 1. The van der Waals surface area contributed by atoms with E-state index < -0.39 is 11.8 Å². The number of likely N-dealkylation sites (tertiary alicyclic amines) is 1. The fourth-order valence-electron chi connectivity index (χ4n) is 3.60. The van der Waals surface area contributed by atoms with Crippen molar-refractivity contribution in [3.63, 3.8) is 0 Å². The first-order valence-corrected chi connectivity index (χ1v) is 9.67. The summed E-state index contributed by atoms with van der Waals surface area (Å²) in [5, 5.41) is 7.44. The Morgan fingerprint density at radius 1 is 1.14 bits per heavy atom. The van der Waals surface area contributed by atoms with Gasteiger partial charge in [-0.2, -0.15) is 5.10 Å². The average Bonchev–Trinajstić information content (AvgIpc) is 2.95. The normalized spacial score (nSPS) is 17.3. The molecule has 2 aromatic heterocycles. The quantitative estimate of drug-likeness (QED) is 0.671. The van der Waals surface area contributed by atoms with Gasteiger partial charge in [-0.15, -0.1) is 0 Å². The fraction of sp³-hybridized carbons (Fsp3) is 0.300. The molecule has 1 saturated heterocycles. The van der Waals surface area contributed by atoms with Crippen LogP contribution in [0.5, 0.6) is 0 Å². The molecular formula is C20H20ClN5O2. The molecule has 0 saturated carbocycles. The molecule has 1 unspecified atom stereocenters. The van der Waals surface area contributed by atoms with Gasteiger partial charge in [-0.3, -0.25) is 9.59 Å². The molecule has 0 radical (unpaired) electrons. The molecule has 0 bridgehead atoms. The topological polar surface area (TPSA) is 79.6 Å². The molecule has 3 heterocycles. The van der Waals surface area contributed by atoms with E-state index in [-0.39, 0.29) is 6.04 Å². The Kier molecular flexibility index (Phi) is 5.25. The zero-order valence-corrected chi connectivity index (χ0v) is 16.0. The second-order valence-electron chi connectivity index (χ2n) is 6.82. The van der Waals surface area contributed by atoms with Gasteiger partial charge < -0.3 is 10.2 Å². The molecule has 4 rings (SSSR count). The van der Waals surface area contributed by atoms with Crippen molar-refractivity contribution in [3.8, 4) is 0 Å². The summed E-state index contributed by atoms with van der Waals surface area (Å²) in [6.07, 6.45) is 8.57. The molecule has 1 N–H and O–H groups in total. The van der Waals surface area contributed by atoms with Gasteiger partial charge >= 0.3 is 11.8 Å². The van der Waals surface area contributed by atoms with E-state index >= 15 is 0 Å². The van der Waals surface area contributed by atoms with Gasteiger partial charge in [0.2, 0.25) is 0 Å².